The van der Waals surface area contributed by atoms with Gasteiger partial charge in [0.15, 0.2) is 0 Å². The lowest BCUT2D eigenvalue weighted by molar-refractivity contribution is 0.0801. The van der Waals surface area contributed by atoms with Gasteiger partial charge in [-0.25, -0.2) is 4.39 Å². The van der Waals surface area contributed by atoms with Gasteiger partial charge < -0.3 is 5.73 Å². The molecule has 0 radical (unpaired) electrons. The van der Waals surface area contributed by atoms with E-state index in [4.69, 9.17) is 5.73 Å². The predicted octanol–water partition coefficient (Wildman–Crippen LogP) is 2.16. The lowest BCUT2D eigenvalue weighted by atomic mass is 10.0. The second kappa shape index (κ2) is 6.66. The number of aryl methyl sites for hydroxylation is 1. The molecule has 1 aromatic rings. The van der Waals surface area contributed by atoms with Crippen LogP contribution in [0.3, 0.4) is 0 Å². The van der Waals surface area contributed by atoms with Gasteiger partial charge in [0.2, 0.25) is 0 Å². The van der Waals surface area contributed by atoms with Gasteiger partial charge in [0, 0.05) is 44.8 Å². The normalized spacial score (nSPS) is 19.5. The van der Waals surface area contributed by atoms with Crippen molar-refractivity contribution in [2.45, 2.75) is 32.9 Å². The minimum atomic E-state index is -0.137. The van der Waals surface area contributed by atoms with Gasteiger partial charge in [-0.3, -0.25) is 9.80 Å². The smallest absolute Gasteiger partial charge is 0.126 e. The van der Waals surface area contributed by atoms with E-state index in [9.17, 15) is 4.39 Å². The second-order valence-electron chi connectivity index (χ2n) is 5.93. The fraction of sp³-hybridized carbons (Fsp3) is 0.625. The van der Waals surface area contributed by atoms with E-state index >= 15 is 0 Å². The Labute approximate surface area is 121 Å². The molecule has 2 N–H and O–H groups in total. The molecule has 1 unspecified atom stereocenters. The number of nitrogens with two attached hydrogens (primary N) is 1. The summed E-state index contributed by atoms with van der Waals surface area (Å²) in [6.07, 6.45) is 0. The Morgan fingerprint density at radius 1 is 1.15 bits per heavy atom. The molecule has 0 amide bonds. The first-order valence-corrected chi connectivity index (χ1v) is 7.47. The highest BCUT2D eigenvalue weighted by Crippen LogP contribution is 2.23. The van der Waals surface area contributed by atoms with Crippen molar-refractivity contribution in [2.24, 2.45) is 5.73 Å². The number of rotatable bonds is 4. The summed E-state index contributed by atoms with van der Waals surface area (Å²) >= 11 is 0. The molecule has 1 heterocycles. The van der Waals surface area contributed by atoms with Crippen LogP contribution in [0.2, 0.25) is 0 Å². The summed E-state index contributed by atoms with van der Waals surface area (Å²) in [6, 6.07) is 6.20. The van der Waals surface area contributed by atoms with Crippen molar-refractivity contribution in [3.63, 3.8) is 0 Å². The third-order valence-corrected chi connectivity index (χ3v) is 4.32. The molecule has 0 spiro atoms. The van der Waals surface area contributed by atoms with E-state index in [1.165, 1.54) is 0 Å². The summed E-state index contributed by atoms with van der Waals surface area (Å²) in [6.45, 7) is 10.9. The van der Waals surface area contributed by atoms with Crippen molar-refractivity contribution in [3.8, 4) is 0 Å². The van der Waals surface area contributed by atoms with Gasteiger partial charge in [0.25, 0.3) is 0 Å². The molecule has 1 aliphatic rings. The molecule has 1 saturated heterocycles. The summed E-state index contributed by atoms with van der Waals surface area (Å²) < 4.78 is 13.7. The Morgan fingerprint density at radius 3 is 2.25 bits per heavy atom. The number of hydrogen-bond acceptors (Lipinski definition) is 3. The number of hydrogen-bond donors (Lipinski definition) is 1. The van der Waals surface area contributed by atoms with Gasteiger partial charge >= 0.3 is 0 Å². The van der Waals surface area contributed by atoms with Gasteiger partial charge in [0.05, 0.1) is 0 Å². The molecule has 1 aliphatic heterocycles. The molecule has 3 nitrogen and oxygen atoms in total. The molecule has 2 rings (SSSR count). The van der Waals surface area contributed by atoms with Gasteiger partial charge in [0.1, 0.15) is 5.82 Å². The van der Waals surface area contributed by atoms with Crippen LogP contribution in [-0.2, 0) is 0 Å². The molecule has 20 heavy (non-hydrogen) atoms. The molecule has 4 heteroatoms. The summed E-state index contributed by atoms with van der Waals surface area (Å²) in [5.41, 5.74) is 7.62. The largest absolute Gasteiger partial charge is 0.329 e. The third-order valence-electron chi connectivity index (χ3n) is 4.32. The van der Waals surface area contributed by atoms with Crippen LogP contribution in [0.15, 0.2) is 18.2 Å². The minimum Gasteiger partial charge on any atom is -0.329 e. The standard InChI is InChI=1S/C16H26FN3/c1-12(2)19-6-8-20(9-7-19)16(11-18)14-5-4-13(3)15(17)10-14/h4-5,10,12,16H,6-9,11,18H2,1-3H3. The highest BCUT2D eigenvalue weighted by atomic mass is 19.1. The molecule has 0 saturated carbocycles. The van der Waals surface area contributed by atoms with E-state index in [1.807, 2.05) is 12.1 Å². The molecule has 1 fully saturated rings. The van der Waals surface area contributed by atoms with E-state index in [0.29, 0.717) is 18.2 Å². The number of benzene rings is 1. The maximum atomic E-state index is 13.7. The average molecular weight is 279 g/mol. The van der Waals surface area contributed by atoms with Crippen LogP contribution >= 0.6 is 0 Å². The number of halogens is 1. The average Bonchev–Trinajstić information content (AvgIpc) is 2.44. The van der Waals surface area contributed by atoms with Crippen LogP contribution in [0.4, 0.5) is 4.39 Å². The molecule has 0 bridgehead atoms. The summed E-state index contributed by atoms with van der Waals surface area (Å²) in [5.74, 6) is -0.137. The Balaban J connectivity index is 2.07. The zero-order valence-corrected chi connectivity index (χ0v) is 12.8. The Hall–Kier alpha value is -0.970. The van der Waals surface area contributed by atoms with E-state index < -0.39 is 0 Å². The van der Waals surface area contributed by atoms with Crippen molar-refractivity contribution in [1.29, 1.82) is 0 Å². The lowest BCUT2D eigenvalue weighted by Gasteiger charge is -2.40. The fourth-order valence-corrected chi connectivity index (χ4v) is 2.88. The first-order chi connectivity index (χ1) is 9.52. The van der Waals surface area contributed by atoms with Gasteiger partial charge in [-0.2, -0.15) is 0 Å². The maximum Gasteiger partial charge on any atom is 0.126 e. The van der Waals surface area contributed by atoms with Gasteiger partial charge in [-0.05, 0) is 38.0 Å². The second-order valence-corrected chi connectivity index (χ2v) is 5.93. The number of piperazine rings is 1. The zero-order chi connectivity index (χ0) is 14.7. The predicted molar refractivity (Wildman–Crippen MR) is 81.2 cm³/mol. The zero-order valence-electron chi connectivity index (χ0n) is 12.8. The quantitative estimate of drug-likeness (QED) is 0.917. The molecule has 0 aliphatic carbocycles. The summed E-state index contributed by atoms with van der Waals surface area (Å²) in [4.78, 5) is 4.85. The van der Waals surface area contributed by atoms with Crippen molar-refractivity contribution < 1.29 is 4.39 Å². The van der Waals surface area contributed by atoms with Crippen molar-refractivity contribution in [2.75, 3.05) is 32.7 Å². The van der Waals surface area contributed by atoms with Gasteiger partial charge in [-0.15, -0.1) is 0 Å². The van der Waals surface area contributed by atoms with E-state index in [2.05, 4.69) is 23.6 Å². The van der Waals surface area contributed by atoms with Gasteiger partial charge in [-0.1, -0.05) is 12.1 Å². The Kier molecular flexibility index (Phi) is 5.13. The van der Waals surface area contributed by atoms with E-state index in [1.54, 1.807) is 13.0 Å². The molecular formula is C16H26FN3. The summed E-state index contributed by atoms with van der Waals surface area (Å²) in [5, 5.41) is 0. The third kappa shape index (κ3) is 3.37. The van der Waals surface area contributed by atoms with Crippen LogP contribution in [0.25, 0.3) is 0 Å². The molecule has 1 aromatic carbocycles. The van der Waals surface area contributed by atoms with E-state index in [0.717, 1.165) is 31.7 Å². The van der Waals surface area contributed by atoms with Crippen LogP contribution in [0.5, 0.6) is 0 Å². The SMILES string of the molecule is Cc1ccc(C(CN)N2CCN(C(C)C)CC2)cc1F. The molecule has 112 valence electrons. The lowest BCUT2D eigenvalue weighted by Crippen LogP contribution is -2.50. The topological polar surface area (TPSA) is 32.5 Å². The highest BCUT2D eigenvalue weighted by Gasteiger charge is 2.25. The maximum absolute atomic E-state index is 13.7. The Morgan fingerprint density at radius 2 is 1.75 bits per heavy atom. The molecule has 1 atom stereocenters. The van der Waals surface area contributed by atoms with Crippen LogP contribution in [0, 0.1) is 12.7 Å². The van der Waals surface area contributed by atoms with Crippen molar-refractivity contribution in [3.05, 3.63) is 35.1 Å². The van der Waals surface area contributed by atoms with Crippen LogP contribution in [0.1, 0.15) is 31.0 Å². The molecular weight excluding hydrogens is 253 g/mol. The first-order valence-electron chi connectivity index (χ1n) is 7.47. The summed E-state index contributed by atoms with van der Waals surface area (Å²) in [7, 11) is 0. The fourth-order valence-electron chi connectivity index (χ4n) is 2.88. The minimum absolute atomic E-state index is 0.124. The first kappa shape index (κ1) is 15.4. The van der Waals surface area contributed by atoms with Crippen LogP contribution in [-0.4, -0.2) is 48.6 Å². The monoisotopic (exact) mass is 279 g/mol. The van der Waals surface area contributed by atoms with Crippen molar-refractivity contribution in [1.82, 2.24) is 9.80 Å². The Bertz CT molecular complexity index is 439. The van der Waals surface area contributed by atoms with Crippen molar-refractivity contribution >= 4 is 0 Å². The molecule has 0 aromatic heterocycles. The highest BCUT2D eigenvalue weighted by molar-refractivity contribution is 5.26. The van der Waals surface area contributed by atoms with E-state index in [-0.39, 0.29) is 11.9 Å². The number of nitrogens with zero attached hydrogens (tertiary/aromatic N) is 2. The van der Waals surface area contributed by atoms with Crippen LogP contribution < -0.4 is 5.73 Å².